The van der Waals surface area contributed by atoms with Crippen LogP contribution in [-0.4, -0.2) is 23.4 Å². The molecule has 2 aromatic carbocycles. The number of esters is 1. The summed E-state index contributed by atoms with van der Waals surface area (Å²) in [6.07, 6.45) is 0. The fourth-order valence-corrected chi connectivity index (χ4v) is 2.05. The Labute approximate surface area is 145 Å². The highest BCUT2D eigenvalue weighted by Gasteiger charge is 2.17. The van der Waals surface area contributed by atoms with Crippen LogP contribution < -0.4 is 11.1 Å². The van der Waals surface area contributed by atoms with Crippen molar-refractivity contribution in [3.05, 3.63) is 62.9 Å². The van der Waals surface area contributed by atoms with Crippen molar-refractivity contribution in [3.8, 4) is 0 Å². The third kappa shape index (κ3) is 4.64. The number of carbonyl (C=O) groups is 2. The molecule has 0 unspecified atom stereocenters. The van der Waals surface area contributed by atoms with Crippen LogP contribution in [0.2, 0.25) is 5.02 Å². The number of hydrogen-bond donors (Lipinski definition) is 2. The van der Waals surface area contributed by atoms with Crippen LogP contribution in [0.5, 0.6) is 0 Å². The molecule has 0 aromatic heterocycles. The molecule has 0 aliphatic carbocycles. The summed E-state index contributed by atoms with van der Waals surface area (Å²) in [4.78, 5) is 33.6. The van der Waals surface area contributed by atoms with Crippen LogP contribution in [0.1, 0.15) is 10.4 Å². The van der Waals surface area contributed by atoms with E-state index in [-0.39, 0.29) is 27.6 Å². The number of nitro benzene ring substituents is 1. The summed E-state index contributed by atoms with van der Waals surface area (Å²) in [7, 11) is 0. The second-order valence-electron chi connectivity index (χ2n) is 4.78. The first-order chi connectivity index (χ1) is 11.8. The number of nitrogens with two attached hydrogens (primary N) is 1. The number of hydrogen-bond acceptors (Lipinski definition) is 6. The first kappa shape index (κ1) is 18.1. The SMILES string of the molecule is Nc1cc([N+](=O)[O-])ccc1C(=O)OCC(=O)Nc1ccc(F)cc1Cl. The van der Waals surface area contributed by atoms with Gasteiger partial charge in [-0.3, -0.25) is 14.9 Å². The summed E-state index contributed by atoms with van der Waals surface area (Å²) in [5.74, 6) is -2.20. The quantitative estimate of drug-likeness (QED) is 0.362. The van der Waals surface area contributed by atoms with Crippen LogP contribution in [0.15, 0.2) is 36.4 Å². The van der Waals surface area contributed by atoms with E-state index in [1.54, 1.807) is 0 Å². The average Bonchev–Trinajstić information content (AvgIpc) is 2.55. The maximum atomic E-state index is 12.9. The molecule has 1 amide bonds. The van der Waals surface area contributed by atoms with Crippen LogP contribution in [0.3, 0.4) is 0 Å². The monoisotopic (exact) mass is 367 g/mol. The van der Waals surface area contributed by atoms with Crippen LogP contribution in [0.4, 0.5) is 21.5 Å². The van der Waals surface area contributed by atoms with Gasteiger partial charge < -0.3 is 15.8 Å². The third-order valence-electron chi connectivity index (χ3n) is 3.01. The second kappa shape index (κ2) is 7.58. The van der Waals surface area contributed by atoms with E-state index in [0.29, 0.717) is 0 Å². The number of benzene rings is 2. The predicted molar refractivity (Wildman–Crippen MR) is 87.8 cm³/mol. The van der Waals surface area contributed by atoms with Crippen LogP contribution in [0.25, 0.3) is 0 Å². The Kier molecular flexibility index (Phi) is 5.50. The summed E-state index contributed by atoms with van der Waals surface area (Å²) >= 11 is 5.76. The van der Waals surface area contributed by atoms with E-state index in [9.17, 15) is 24.1 Å². The van der Waals surface area contributed by atoms with Gasteiger partial charge in [0.15, 0.2) is 6.61 Å². The zero-order valence-electron chi connectivity index (χ0n) is 12.5. The number of rotatable bonds is 5. The van der Waals surface area contributed by atoms with E-state index in [4.69, 9.17) is 22.1 Å². The van der Waals surface area contributed by atoms with Crippen molar-refractivity contribution in [2.45, 2.75) is 0 Å². The maximum Gasteiger partial charge on any atom is 0.340 e. The molecule has 0 aliphatic heterocycles. The Balaban J connectivity index is 1.97. The van der Waals surface area contributed by atoms with Crippen molar-refractivity contribution >= 4 is 40.5 Å². The van der Waals surface area contributed by atoms with Crippen molar-refractivity contribution < 1.29 is 23.6 Å². The number of amides is 1. The number of nitrogens with zero attached hydrogens (tertiary/aromatic N) is 1. The minimum Gasteiger partial charge on any atom is -0.452 e. The maximum absolute atomic E-state index is 12.9. The van der Waals surface area contributed by atoms with Gasteiger partial charge in [0.1, 0.15) is 5.82 Å². The van der Waals surface area contributed by atoms with E-state index < -0.39 is 29.2 Å². The molecule has 0 heterocycles. The van der Waals surface area contributed by atoms with Gasteiger partial charge in [-0.1, -0.05) is 11.6 Å². The van der Waals surface area contributed by atoms with Gasteiger partial charge in [0.05, 0.1) is 26.9 Å². The zero-order valence-corrected chi connectivity index (χ0v) is 13.2. The lowest BCUT2D eigenvalue weighted by Gasteiger charge is -2.09. The highest BCUT2D eigenvalue weighted by Crippen LogP contribution is 2.23. The molecule has 130 valence electrons. The molecule has 0 saturated carbocycles. The first-order valence-corrected chi connectivity index (χ1v) is 7.11. The first-order valence-electron chi connectivity index (χ1n) is 6.74. The van der Waals surface area contributed by atoms with E-state index in [0.717, 1.165) is 30.3 Å². The number of ether oxygens (including phenoxy) is 1. The van der Waals surface area contributed by atoms with E-state index >= 15 is 0 Å². The largest absolute Gasteiger partial charge is 0.452 e. The van der Waals surface area contributed by atoms with Gasteiger partial charge in [-0.2, -0.15) is 0 Å². The minimum absolute atomic E-state index is 0.0145. The lowest BCUT2D eigenvalue weighted by Crippen LogP contribution is -2.21. The number of nitrogen functional groups attached to an aromatic ring is 1. The minimum atomic E-state index is -0.923. The molecular formula is C15H11ClFN3O5. The normalized spacial score (nSPS) is 10.2. The summed E-state index contributed by atoms with van der Waals surface area (Å²) in [5.41, 5.74) is 5.17. The fraction of sp³-hybridized carbons (Fsp3) is 0.0667. The van der Waals surface area contributed by atoms with Gasteiger partial charge in [0.25, 0.3) is 11.6 Å². The Hall–Kier alpha value is -3.20. The summed E-state index contributed by atoms with van der Waals surface area (Å²) in [5, 5.41) is 13.0. The van der Waals surface area contributed by atoms with Crippen molar-refractivity contribution in [2.24, 2.45) is 0 Å². The topological polar surface area (TPSA) is 125 Å². The number of non-ortho nitro benzene ring substituents is 1. The summed E-state index contributed by atoms with van der Waals surface area (Å²) in [6.45, 7) is -0.650. The summed E-state index contributed by atoms with van der Waals surface area (Å²) < 4.78 is 17.7. The Bertz CT molecular complexity index is 859. The number of halogens is 2. The molecule has 8 nitrogen and oxygen atoms in total. The van der Waals surface area contributed by atoms with Crippen molar-refractivity contribution in [1.82, 2.24) is 0 Å². The summed E-state index contributed by atoms with van der Waals surface area (Å²) in [6, 6.07) is 6.60. The molecule has 10 heteroatoms. The third-order valence-corrected chi connectivity index (χ3v) is 3.32. The molecule has 25 heavy (non-hydrogen) atoms. The van der Waals surface area contributed by atoms with Crippen LogP contribution in [-0.2, 0) is 9.53 Å². The number of anilines is 2. The molecular weight excluding hydrogens is 357 g/mol. The van der Waals surface area contributed by atoms with Crippen molar-refractivity contribution in [2.75, 3.05) is 17.7 Å². The average molecular weight is 368 g/mol. The zero-order chi connectivity index (χ0) is 18.6. The molecule has 2 rings (SSSR count). The number of nitro groups is 1. The van der Waals surface area contributed by atoms with E-state index in [2.05, 4.69) is 5.32 Å². The molecule has 0 fully saturated rings. The number of nitrogens with one attached hydrogen (secondary N) is 1. The van der Waals surface area contributed by atoms with E-state index in [1.165, 1.54) is 6.07 Å². The Morgan fingerprint density at radius 1 is 1.28 bits per heavy atom. The van der Waals surface area contributed by atoms with E-state index in [1.807, 2.05) is 0 Å². The van der Waals surface area contributed by atoms with Gasteiger partial charge in [-0.25, -0.2) is 9.18 Å². The molecule has 0 radical (unpaired) electrons. The number of carbonyl (C=O) groups excluding carboxylic acids is 2. The highest BCUT2D eigenvalue weighted by atomic mass is 35.5. The highest BCUT2D eigenvalue weighted by molar-refractivity contribution is 6.33. The molecule has 0 aliphatic rings. The van der Waals surface area contributed by atoms with Gasteiger partial charge in [-0.15, -0.1) is 0 Å². The van der Waals surface area contributed by atoms with Gasteiger partial charge in [-0.05, 0) is 24.3 Å². The van der Waals surface area contributed by atoms with Crippen molar-refractivity contribution in [3.63, 3.8) is 0 Å². The van der Waals surface area contributed by atoms with Gasteiger partial charge in [0, 0.05) is 12.1 Å². The lowest BCUT2D eigenvalue weighted by molar-refractivity contribution is -0.384. The molecule has 0 saturated heterocycles. The smallest absolute Gasteiger partial charge is 0.340 e. The molecule has 0 atom stereocenters. The lowest BCUT2D eigenvalue weighted by atomic mass is 10.1. The Morgan fingerprint density at radius 2 is 2.00 bits per heavy atom. The predicted octanol–water partition coefficient (Wildman–Crippen LogP) is 2.77. The van der Waals surface area contributed by atoms with Gasteiger partial charge in [0.2, 0.25) is 0 Å². The Morgan fingerprint density at radius 3 is 2.60 bits per heavy atom. The molecule has 2 aromatic rings. The second-order valence-corrected chi connectivity index (χ2v) is 5.18. The van der Waals surface area contributed by atoms with Crippen LogP contribution in [0, 0.1) is 15.9 Å². The fourth-order valence-electron chi connectivity index (χ4n) is 1.84. The van der Waals surface area contributed by atoms with Gasteiger partial charge >= 0.3 is 5.97 Å². The standard InChI is InChI=1S/C15H11ClFN3O5/c16-11-5-8(17)1-4-13(11)19-14(21)7-25-15(22)10-3-2-9(20(23)24)6-12(10)18/h1-6H,7,18H2,(H,19,21). The van der Waals surface area contributed by atoms with Crippen molar-refractivity contribution in [1.29, 1.82) is 0 Å². The molecule has 0 bridgehead atoms. The van der Waals surface area contributed by atoms with Crippen LogP contribution >= 0.6 is 11.6 Å². The molecule has 0 spiro atoms. The molecule has 3 N–H and O–H groups in total.